The molecule has 1 aromatic carbocycles. The zero-order valence-corrected chi connectivity index (χ0v) is 11.7. The Hall–Kier alpha value is -2.41. The van der Waals surface area contributed by atoms with Crippen molar-refractivity contribution in [3.63, 3.8) is 0 Å². The van der Waals surface area contributed by atoms with E-state index >= 15 is 0 Å². The van der Waals surface area contributed by atoms with Crippen molar-refractivity contribution in [1.82, 2.24) is 3.97 Å². The SMILES string of the molecule is O=Cc1cc2c(n1S(=O)(=O)c1ccccc1)C(=O)OCC2. The molecule has 0 atom stereocenters. The second-order valence-electron chi connectivity index (χ2n) is 4.53. The number of aromatic nitrogens is 1. The molecule has 0 spiro atoms. The Morgan fingerprint density at radius 3 is 2.57 bits per heavy atom. The van der Waals surface area contributed by atoms with Crippen LogP contribution in [0, 0.1) is 0 Å². The fraction of sp³-hybridized carbons (Fsp3) is 0.143. The number of rotatable bonds is 3. The predicted octanol–water partition coefficient (Wildman–Crippen LogP) is 1.25. The molecule has 7 heteroatoms. The Morgan fingerprint density at radius 1 is 1.19 bits per heavy atom. The first-order valence-electron chi connectivity index (χ1n) is 6.23. The minimum absolute atomic E-state index is 0.00451. The number of hydrogen-bond donors (Lipinski definition) is 0. The molecule has 0 bridgehead atoms. The number of carbonyl (C=O) groups excluding carboxylic acids is 2. The van der Waals surface area contributed by atoms with Crippen molar-refractivity contribution < 1.29 is 22.7 Å². The van der Waals surface area contributed by atoms with E-state index in [0.717, 1.165) is 3.97 Å². The van der Waals surface area contributed by atoms with Gasteiger partial charge >= 0.3 is 5.97 Å². The number of hydrogen-bond acceptors (Lipinski definition) is 5. The Kier molecular flexibility index (Phi) is 3.13. The molecule has 0 saturated carbocycles. The van der Waals surface area contributed by atoms with E-state index in [4.69, 9.17) is 4.74 Å². The lowest BCUT2D eigenvalue weighted by Gasteiger charge is -2.16. The number of carbonyl (C=O) groups is 2. The molecule has 3 rings (SSSR count). The molecule has 2 heterocycles. The van der Waals surface area contributed by atoms with Gasteiger partial charge in [-0.3, -0.25) is 4.79 Å². The third-order valence-corrected chi connectivity index (χ3v) is 5.01. The maximum atomic E-state index is 12.7. The largest absolute Gasteiger partial charge is 0.461 e. The van der Waals surface area contributed by atoms with Crippen LogP contribution >= 0.6 is 0 Å². The van der Waals surface area contributed by atoms with Gasteiger partial charge in [0.25, 0.3) is 10.0 Å². The lowest BCUT2D eigenvalue weighted by molar-refractivity contribution is 0.0471. The lowest BCUT2D eigenvalue weighted by atomic mass is 10.1. The summed E-state index contributed by atoms with van der Waals surface area (Å²) >= 11 is 0. The van der Waals surface area contributed by atoms with Crippen LogP contribution < -0.4 is 0 Å². The van der Waals surface area contributed by atoms with Crippen LogP contribution in [0.3, 0.4) is 0 Å². The summed E-state index contributed by atoms with van der Waals surface area (Å²) in [7, 11) is -4.03. The summed E-state index contributed by atoms with van der Waals surface area (Å²) in [6.45, 7) is 0.180. The predicted molar refractivity (Wildman–Crippen MR) is 72.8 cm³/mol. The minimum atomic E-state index is -4.03. The first kappa shape index (κ1) is 13.6. The minimum Gasteiger partial charge on any atom is -0.461 e. The van der Waals surface area contributed by atoms with E-state index in [1.807, 2.05) is 0 Å². The van der Waals surface area contributed by atoms with Crippen LogP contribution in [-0.4, -0.2) is 31.3 Å². The van der Waals surface area contributed by atoms with Crippen LogP contribution in [0.25, 0.3) is 0 Å². The Morgan fingerprint density at radius 2 is 1.90 bits per heavy atom. The molecular formula is C14H11NO5S. The van der Waals surface area contributed by atoms with Gasteiger partial charge in [0.2, 0.25) is 0 Å². The van der Waals surface area contributed by atoms with Gasteiger partial charge in [0.05, 0.1) is 17.2 Å². The molecule has 0 amide bonds. The molecule has 1 aromatic heterocycles. The molecule has 0 aliphatic carbocycles. The number of nitrogens with zero attached hydrogens (tertiary/aromatic N) is 1. The zero-order chi connectivity index (χ0) is 15.0. The number of ether oxygens (including phenoxy) is 1. The molecule has 1 aliphatic rings. The van der Waals surface area contributed by atoms with Crippen molar-refractivity contribution >= 4 is 22.3 Å². The van der Waals surface area contributed by atoms with Crippen molar-refractivity contribution in [2.75, 3.05) is 6.61 Å². The Balaban J connectivity index is 2.30. The van der Waals surface area contributed by atoms with Crippen LogP contribution in [-0.2, 0) is 21.2 Å². The van der Waals surface area contributed by atoms with Crippen molar-refractivity contribution in [3.8, 4) is 0 Å². The van der Waals surface area contributed by atoms with E-state index in [2.05, 4.69) is 0 Å². The fourth-order valence-electron chi connectivity index (χ4n) is 2.33. The lowest BCUT2D eigenvalue weighted by Crippen LogP contribution is -2.25. The maximum absolute atomic E-state index is 12.7. The molecule has 6 nitrogen and oxygen atoms in total. The Bertz CT molecular complexity index is 821. The molecule has 0 fully saturated rings. The van der Waals surface area contributed by atoms with Crippen LogP contribution in [0.2, 0.25) is 0 Å². The van der Waals surface area contributed by atoms with Gasteiger partial charge in [-0.25, -0.2) is 17.2 Å². The van der Waals surface area contributed by atoms with Gasteiger partial charge in [0.15, 0.2) is 6.29 Å². The Labute approximate surface area is 121 Å². The first-order valence-corrected chi connectivity index (χ1v) is 7.67. The summed E-state index contributed by atoms with van der Waals surface area (Å²) < 4.78 is 31.0. The quantitative estimate of drug-likeness (QED) is 0.629. The highest BCUT2D eigenvalue weighted by Crippen LogP contribution is 2.26. The zero-order valence-electron chi connectivity index (χ0n) is 10.9. The van der Waals surface area contributed by atoms with Gasteiger partial charge in [-0.05, 0) is 23.8 Å². The fourth-order valence-corrected chi connectivity index (χ4v) is 3.85. The molecule has 2 aromatic rings. The number of aldehydes is 1. The van der Waals surface area contributed by atoms with Crippen molar-refractivity contribution in [2.24, 2.45) is 0 Å². The number of fused-ring (bicyclic) bond motifs is 1. The van der Waals surface area contributed by atoms with Crippen LogP contribution in [0.5, 0.6) is 0 Å². The molecule has 108 valence electrons. The van der Waals surface area contributed by atoms with E-state index in [9.17, 15) is 18.0 Å². The average Bonchev–Trinajstić information content (AvgIpc) is 2.89. The first-order chi connectivity index (χ1) is 10.1. The molecule has 0 radical (unpaired) electrons. The van der Waals surface area contributed by atoms with Crippen molar-refractivity contribution in [1.29, 1.82) is 0 Å². The summed E-state index contributed by atoms with van der Waals surface area (Å²) in [6, 6.07) is 9.06. The summed E-state index contributed by atoms with van der Waals surface area (Å²) in [4.78, 5) is 23.1. The van der Waals surface area contributed by atoms with E-state index in [-0.39, 0.29) is 22.9 Å². The van der Waals surface area contributed by atoms with Crippen LogP contribution in [0.15, 0.2) is 41.3 Å². The van der Waals surface area contributed by atoms with E-state index in [0.29, 0.717) is 18.3 Å². The van der Waals surface area contributed by atoms with Gasteiger partial charge < -0.3 is 4.74 Å². The summed E-state index contributed by atoms with van der Waals surface area (Å²) in [5, 5.41) is 0. The monoisotopic (exact) mass is 305 g/mol. The van der Waals surface area contributed by atoms with Gasteiger partial charge in [-0.15, -0.1) is 0 Å². The summed E-state index contributed by atoms with van der Waals surface area (Å²) in [5.41, 5.74) is 0.336. The highest BCUT2D eigenvalue weighted by atomic mass is 32.2. The third-order valence-electron chi connectivity index (χ3n) is 3.26. The van der Waals surface area contributed by atoms with E-state index in [1.165, 1.54) is 18.2 Å². The van der Waals surface area contributed by atoms with Crippen molar-refractivity contribution in [2.45, 2.75) is 11.3 Å². The highest BCUT2D eigenvalue weighted by molar-refractivity contribution is 7.90. The normalized spacial score (nSPS) is 14.4. The van der Waals surface area contributed by atoms with Crippen LogP contribution in [0.1, 0.15) is 26.5 Å². The number of benzene rings is 1. The summed E-state index contributed by atoms with van der Waals surface area (Å²) in [5.74, 6) is -0.733. The smallest absolute Gasteiger partial charge is 0.356 e. The topological polar surface area (TPSA) is 82.4 Å². The van der Waals surface area contributed by atoms with E-state index < -0.39 is 16.0 Å². The molecule has 0 saturated heterocycles. The molecule has 1 aliphatic heterocycles. The maximum Gasteiger partial charge on any atom is 0.356 e. The third kappa shape index (κ3) is 2.06. The molecule has 0 unspecified atom stereocenters. The van der Waals surface area contributed by atoms with Gasteiger partial charge in [0, 0.05) is 6.42 Å². The van der Waals surface area contributed by atoms with Gasteiger partial charge in [-0.2, -0.15) is 0 Å². The van der Waals surface area contributed by atoms with Gasteiger partial charge in [0.1, 0.15) is 5.69 Å². The number of cyclic esters (lactones) is 1. The molecule has 21 heavy (non-hydrogen) atoms. The molecule has 0 N–H and O–H groups in total. The summed E-state index contributed by atoms with van der Waals surface area (Å²) in [6.07, 6.45) is 0.811. The average molecular weight is 305 g/mol. The van der Waals surface area contributed by atoms with Gasteiger partial charge in [-0.1, -0.05) is 18.2 Å². The van der Waals surface area contributed by atoms with E-state index in [1.54, 1.807) is 18.2 Å². The van der Waals surface area contributed by atoms with Crippen molar-refractivity contribution in [3.05, 3.63) is 53.3 Å². The standard InChI is InChI=1S/C14H11NO5S/c16-9-11-8-10-6-7-20-14(17)13(10)15(11)21(18,19)12-4-2-1-3-5-12/h1-5,8-9H,6-7H2. The van der Waals surface area contributed by atoms with Crippen LogP contribution in [0.4, 0.5) is 0 Å². The second kappa shape index (κ2) is 4.85. The highest BCUT2D eigenvalue weighted by Gasteiger charge is 2.32. The molecular weight excluding hydrogens is 294 g/mol. The second-order valence-corrected chi connectivity index (χ2v) is 6.32. The number of esters is 1.